The van der Waals surface area contributed by atoms with Crippen molar-refractivity contribution in [3.05, 3.63) is 75.9 Å². The summed E-state index contributed by atoms with van der Waals surface area (Å²) < 4.78 is 24.7. The molecule has 1 aromatic carbocycles. The average Bonchev–Trinajstić information content (AvgIpc) is 3.73. The van der Waals surface area contributed by atoms with E-state index in [1.165, 1.54) is 22.3 Å². The van der Waals surface area contributed by atoms with E-state index in [9.17, 15) is 18.8 Å². The largest absolute Gasteiger partial charge is 0.384 e. The molecule has 2 atom stereocenters. The van der Waals surface area contributed by atoms with E-state index >= 15 is 0 Å². The summed E-state index contributed by atoms with van der Waals surface area (Å²) >= 11 is 1.37. The highest BCUT2D eigenvalue weighted by Crippen LogP contribution is 2.35. The van der Waals surface area contributed by atoms with E-state index in [1.54, 1.807) is 41.8 Å². The van der Waals surface area contributed by atoms with Gasteiger partial charge in [-0.2, -0.15) is 0 Å². The third-order valence-corrected chi connectivity index (χ3v) is 8.13. The molecule has 2 fully saturated rings. The fourth-order valence-corrected chi connectivity index (χ4v) is 5.76. The SMILES string of the molecule is CC(NC(=O)[C@@H]1CC2(CN1C(=O)CNC(=O)c1ccc(-c3ccc(F)cn3)cc1)OCCO2)c1cc(C(=N)N)cs1. The number of carbonyl (C=O) groups excluding carboxylic acids is 3. The standard InChI is InChI=1S/C28H29FN6O5S/c1-16(23-10-19(14-41-23)25(30)31)34-27(38)22-11-28(39-8-9-40-28)15-35(22)24(36)13-33-26(37)18-4-2-17(3-5-18)21-7-6-20(29)12-32-21/h2-7,10,12,14,16,22H,8-9,11,13,15H2,1H3,(H3,30,31)(H,33,37)(H,34,38)/t16?,22-/m0/s1. The third-order valence-electron chi connectivity index (χ3n) is 7.02. The van der Waals surface area contributed by atoms with E-state index in [-0.39, 0.29) is 37.3 Å². The van der Waals surface area contributed by atoms with Crippen LogP contribution in [-0.2, 0) is 19.1 Å². The highest BCUT2D eigenvalue weighted by molar-refractivity contribution is 7.10. The average molecular weight is 581 g/mol. The Hall–Kier alpha value is -4.20. The number of hydrogen-bond acceptors (Lipinski definition) is 8. The van der Waals surface area contributed by atoms with Crippen molar-refractivity contribution in [2.75, 3.05) is 26.3 Å². The summed E-state index contributed by atoms with van der Waals surface area (Å²) in [6.45, 7) is 2.25. The molecule has 2 aliphatic rings. The number of hydrogen-bond donors (Lipinski definition) is 4. The van der Waals surface area contributed by atoms with Gasteiger partial charge in [-0.15, -0.1) is 11.3 Å². The topological polar surface area (TPSA) is 160 Å². The molecule has 214 valence electrons. The van der Waals surface area contributed by atoms with Crippen LogP contribution in [0.2, 0.25) is 0 Å². The van der Waals surface area contributed by atoms with Crippen LogP contribution < -0.4 is 16.4 Å². The number of ether oxygens (including phenoxy) is 2. The Bertz CT molecular complexity index is 1460. The summed E-state index contributed by atoms with van der Waals surface area (Å²) in [6, 6.07) is 9.89. The second-order valence-electron chi connectivity index (χ2n) is 9.85. The lowest BCUT2D eigenvalue weighted by molar-refractivity contribution is -0.152. The first-order valence-electron chi connectivity index (χ1n) is 12.9. The number of nitrogen functional groups attached to an aromatic ring is 1. The molecular weight excluding hydrogens is 551 g/mol. The van der Waals surface area contributed by atoms with E-state index < -0.39 is 29.5 Å². The monoisotopic (exact) mass is 580 g/mol. The van der Waals surface area contributed by atoms with Crippen LogP contribution in [0.15, 0.2) is 54.0 Å². The van der Waals surface area contributed by atoms with Gasteiger partial charge in [-0.25, -0.2) is 4.39 Å². The molecule has 0 saturated carbocycles. The van der Waals surface area contributed by atoms with Crippen molar-refractivity contribution in [3.63, 3.8) is 0 Å². The van der Waals surface area contributed by atoms with Crippen molar-refractivity contribution >= 4 is 34.9 Å². The van der Waals surface area contributed by atoms with Crippen LogP contribution in [0, 0.1) is 11.2 Å². The van der Waals surface area contributed by atoms with Crippen LogP contribution in [0.25, 0.3) is 11.3 Å². The molecule has 2 saturated heterocycles. The van der Waals surface area contributed by atoms with Gasteiger partial charge in [-0.05, 0) is 37.3 Å². The van der Waals surface area contributed by atoms with Gasteiger partial charge in [0.15, 0.2) is 5.79 Å². The first kappa shape index (κ1) is 28.3. The maximum Gasteiger partial charge on any atom is 0.251 e. The van der Waals surface area contributed by atoms with Gasteiger partial charge in [0.1, 0.15) is 17.7 Å². The Balaban J connectivity index is 1.22. The molecule has 5 N–H and O–H groups in total. The maximum absolute atomic E-state index is 13.4. The summed E-state index contributed by atoms with van der Waals surface area (Å²) in [5, 5.41) is 14.9. The van der Waals surface area contributed by atoms with Gasteiger partial charge in [0, 0.05) is 33.4 Å². The molecule has 3 amide bonds. The summed E-state index contributed by atoms with van der Waals surface area (Å²) in [5.41, 5.74) is 7.73. The predicted octanol–water partition coefficient (Wildman–Crippen LogP) is 2.18. The van der Waals surface area contributed by atoms with Crippen LogP contribution >= 0.6 is 11.3 Å². The van der Waals surface area contributed by atoms with Gasteiger partial charge in [0.25, 0.3) is 5.91 Å². The lowest BCUT2D eigenvalue weighted by Crippen LogP contribution is -2.49. The smallest absolute Gasteiger partial charge is 0.251 e. The highest BCUT2D eigenvalue weighted by atomic mass is 32.1. The van der Waals surface area contributed by atoms with Gasteiger partial charge < -0.3 is 30.7 Å². The van der Waals surface area contributed by atoms with Gasteiger partial charge in [-0.1, -0.05) is 12.1 Å². The molecule has 5 rings (SSSR count). The van der Waals surface area contributed by atoms with Crippen molar-refractivity contribution in [1.29, 1.82) is 5.41 Å². The van der Waals surface area contributed by atoms with Gasteiger partial charge >= 0.3 is 0 Å². The number of nitrogens with one attached hydrogen (secondary N) is 3. The van der Waals surface area contributed by atoms with Crippen molar-refractivity contribution in [3.8, 4) is 11.3 Å². The number of rotatable bonds is 8. The molecule has 3 aromatic rings. The number of aromatic nitrogens is 1. The fraction of sp³-hybridized carbons (Fsp3) is 0.321. The molecule has 0 aliphatic carbocycles. The van der Waals surface area contributed by atoms with Crippen molar-refractivity contribution in [1.82, 2.24) is 20.5 Å². The van der Waals surface area contributed by atoms with E-state index in [0.717, 1.165) is 11.1 Å². The van der Waals surface area contributed by atoms with E-state index in [4.69, 9.17) is 20.6 Å². The molecule has 0 bridgehead atoms. The number of thiophene rings is 1. The van der Waals surface area contributed by atoms with Gasteiger partial charge in [-0.3, -0.25) is 24.8 Å². The normalized spacial score (nSPS) is 18.3. The van der Waals surface area contributed by atoms with Crippen LogP contribution in [-0.4, -0.2) is 71.6 Å². The Morgan fingerprint density at radius 2 is 1.93 bits per heavy atom. The van der Waals surface area contributed by atoms with Crippen LogP contribution in [0.1, 0.15) is 40.2 Å². The zero-order chi connectivity index (χ0) is 29.1. The van der Waals surface area contributed by atoms with Crippen LogP contribution in [0.3, 0.4) is 0 Å². The number of nitrogens with zero attached hydrogens (tertiary/aromatic N) is 2. The minimum atomic E-state index is -1.07. The number of halogens is 1. The fourth-order valence-electron chi connectivity index (χ4n) is 4.84. The zero-order valence-electron chi connectivity index (χ0n) is 22.2. The predicted molar refractivity (Wildman–Crippen MR) is 149 cm³/mol. The molecule has 1 unspecified atom stereocenters. The molecule has 4 heterocycles. The Morgan fingerprint density at radius 1 is 1.20 bits per heavy atom. The van der Waals surface area contributed by atoms with Gasteiger partial charge in [0.2, 0.25) is 11.8 Å². The van der Waals surface area contributed by atoms with Crippen LogP contribution in [0.4, 0.5) is 4.39 Å². The summed E-state index contributed by atoms with van der Waals surface area (Å²) in [4.78, 5) is 45.6. The maximum atomic E-state index is 13.4. The van der Waals surface area contributed by atoms with Crippen molar-refractivity contribution < 1.29 is 28.2 Å². The molecule has 1 spiro atoms. The second kappa shape index (κ2) is 11.7. The van der Waals surface area contributed by atoms with E-state index in [0.29, 0.717) is 35.6 Å². The van der Waals surface area contributed by atoms with E-state index in [1.807, 2.05) is 6.92 Å². The minimum absolute atomic E-state index is 0.0565. The van der Waals surface area contributed by atoms with Gasteiger partial charge in [0.05, 0.1) is 44.2 Å². The third kappa shape index (κ3) is 6.26. The zero-order valence-corrected chi connectivity index (χ0v) is 23.0. The lowest BCUT2D eigenvalue weighted by Gasteiger charge is -2.25. The second-order valence-corrected chi connectivity index (χ2v) is 10.8. The number of nitrogens with two attached hydrogens (primary N) is 1. The molecule has 2 aliphatic heterocycles. The molecule has 0 radical (unpaired) electrons. The first-order valence-corrected chi connectivity index (χ1v) is 13.8. The van der Waals surface area contributed by atoms with Crippen molar-refractivity contribution in [2.24, 2.45) is 5.73 Å². The Morgan fingerprint density at radius 3 is 2.56 bits per heavy atom. The number of amides is 3. The number of pyridine rings is 1. The number of benzene rings is 1. The number of likely N-dealkylation sites (tertiary alicyclic amines) is 1. The summed E-state index contributed by atoms with van der Waals surface area (Å²) in [7, 11) is 0. The minimum Gasteiger partial charge on any atom is -0.384 e. The van der Waals surface area contributed by atoms with Crippen molar-refractivity contribution in [2.45, 2.75) is 31.2 Å². The number of carbonyl (C=O) groups is 3. The molecule has 41 heavy (non-hydrogen) atoms. The molecule has 13 heteroatoms. The number of amidine groups is 1. The summed E-state index contributed by atoms with van der Waals surface area (Å²) in [5.74, 6) is -2.86. The van der Waals surface area contributed by atoms with E-state index in [2.05, 4.69) is 15.6 Å². The molecule has 11 nitrogen and oxygen atoms in total. The molecular formula is C28H29FN6O5S. The lowest BCUT2D eigenvalue weighted by atomic mass is 10.1. The Labute approximate surface area is 239 Å². The quantitative estimate of drug-likeness (QED) is 0.235. The first-order chi connectivity index (χ1) is 19.6. The highest BCUT2D eigenvalue weighted by Gasteiger charge is 2.52. The molecule has 2 aromatic heterocycles. The summed E-state index contributed by atoms with van der Waals surface area (Å²) in [6.07, 6.45) is 1.28. The Kier molecular flexibility index (Phi) is 8.10. The van der Waals surface area contributed by atoms with Crippen LogP contribution in [0.5, 0.6) is 0 Å².